The van der Waals surface area contributed by atoms with Gasteiger partial charge in [-0.2, -0.15) is 0 Å². The molecule has 0 N–H and O–H groups in total. The van der Waals surface area contributed by atoms with Crippen molar-refractivity contribution in [1.82, 2.24) is 0 Å². The average Bonchev–Trinajstić information content (AvgIpc) is 2.03. The van der Waals surface area contributed by atoms with Gasteiger partial charge in [-0.25, -0.2) is 4.79 Å². The Morgan fingerprint density at radius 1 is 1.46 bits per heavy atom. The van der Waals surface area contributed by atoms with Gasteiger partial charge in [-0.15, -0.1) is 0 Å². The van der Waals surface area contributed by atoms with Gasteiger partial charge in [0.05, 0.1) is 12.7 Å². The van der Waals surface area contributed by atoms with Gasteiger partial charge < -0.3 is 4.74 Å². The molecule has 0 aromatic carbocycles. The van der Waals surface area contributed by atoms with Crippen molar-refractivity contribution in [2.75, 3.05) is 7.11 Å². The van der Waals surface area contributed by atoms with Crippen molar-refractivity contribution >= 4 is 17.6 Å². The molecule has 0 amide bonds. The number of hydrogen-bond acceptors (Lipinski definition) is 2. The Balaban J connectivity index is 4.67. The Morgan fingerprint density at radius 3 is 2.31 bits per heavy atom. The normalized spacial score (nSPS) is 13.4. The van der Waals surface area contributed by atoms with Gasteiger partial charge in [0, 0.05) is 5.03 Å². The van der Waals surface area contributed by atoms with Gasteiger partial charge in [0.2, 0.25) is 0 Å². The maximum Gasteiger partial charge on any atom is 0.339 e. The molecule has 0 spiro atoms. The molecule has 0 unspecified atom stereocenters. The minimum Gasteiger partial charge on any atom is -0.465 e. The van der Waals surface area contributed by atoms with E-state index in [0.717, 1.165) is 0 Å². The zero-order chi connectivity index (χ0) is 10.4. The Bertz CT molecular complexity index is 235. The van der Waals surface area contributed by atoms with Crippen LogP contribution in [0.25, 0.3) is 0 Å². The molecule has 0 rings (SSSR count). The molecule has 0 atom stereocenters. The minimum absolute atomic E-state index is 0.385. The van der Waals surface area contributed by atoms with E-state index in [4.69, 9.17) is 11.6 Å². The summed E-state index contributed by atoms with van der Waals surface area (Å²) < 4.78 is 4.57. The van der Waals surface area contributed by atoms with Gasteiger partial charge in [0.1, 0.15) is 0 Å². The molecule has 0 bridgehead atoms. The fourth-order valence-electron chi connectivity index (χ4n) is 0.722. The van der Waals surface area contributed by atoms with Crippen LogP contribution in [0.4, 0.5) is 0 Å². The van der Waals surface area contributed by atoms with E-state index in [1.54, 1.807) is 13.0 Å². The zero-order valence-electron chi connectivity index (χ0n) is 8.43. The summed E-state index contributed by atoms with van der Waals surface area (Å²) in [6.45, 7) is 5.71. The van der Waals surface area contributed by atoms with Gasteiger partial charge >= 0.3 is 5.97 Å². The molecule has 0 saturated carbocycles. The third kappa shape index (κ3) is 4.73. The Morgan fingerprint density at radius 2 is 2.00 bits per heavy atom. The Kier molecular flexibility index (Phi) is 5.47. The molecule has 0 aromatic heterocycles. The maximum absolute atomic E-state index is 11.2. The third-order valence-electron chi connectivity index (χ3n) is 1.42. The van der Waals surface area contributed by atoms with E-state index in [1.807, 2.05) is 19.9 Å². The van der Waals surface area contributed by atoms with E-state index in [-0.39, 0.29) is 0 Å². The number of esters is 1. The van der Waals surface area contributed by atoms with Crippen LogP contribution in [0.3, 0.4) is 0 Å². The second kappa shape index (κ2) is 5.81. The van der Waals surface area contributed by atoms with Crippen molar-refractivity contribution in [3.05, 3.63) is 22.8 Å². The molecule has 0 aliphatic heterocycles. The number of carbonyl (C=O) groups excluding carboxylic acids is 1. The highest BCUT2D eigenvalue weighted by molar-refractivity contribution is 6.31. The first-order valence-corrected chi connectivity index (χ1v) is 4.49. The molecule has 74 valence electrons. The van der Waals surface area contributed by atoms with Crippen LogP contribution in [0.1, 0.15) is 20.8 Å². The molecule has 0 aliphatic carbocycles. The molecular weight excluding hydrogens is 188 g/mol. The van der Waals surface area contributed by atoms with Gasteiger partial charge in [0.15, 0.2) is 0 Å². The molecule has 0 heterocycles. The van der Waals surface area contributed by atoms with Crippen LogP contribution in [-0.4, -0.2) is 13.1 Å². The van der Waals surface area contributed by atoms with E-state index >= 15 is 0 Å². The van der Waals surface area contributed by atoms with E-state index in [9.17, 15) is 4.79 Å². The monoisotopic (exact) mass is 202 g/mol. The fourth-order valence-corrected chi connectivity index (χ4v) is 0.862. The van der Waals surface area contributed by atoms with E-state index in [2.05, 4.69) is 4.74 Å². The second-order valence-electron chi connectivity index (χ2n) is 3.04. The first-order valence-electron chi connectivity index (χ1n) is 4.12. The van der Waals surface area contributed by atoms with Crippen LogP contribution in [0, 0.1) is 5.92 Å². The van der Waals surface area contributed by atoms with E-state index < -0.39 is 5.97 Å². The van der Waals surface area contributed by atoms with Crippen molar-refractivity contribution in [2.24, 2.45) is 5.92 Å². The Hall–Kier alpha value is -0.760. The molecule has 3 heteroatoms. The molecule has 2 nitrogen and oxygen atoms in total. The first-order chi connectivity index (χ1) is 5.99. The number of allylic oxidation sites excluding steroid dienone is 2. The number of halogens is 1. The van der Waals surface area contributed by atoms with Gasteiger partial charge in [-0.3, -0.25) is 0 Å². The Labute approximate surface area is 84.2 Å². The number of methoxy groups -OCH3 is 1. The molecule has 13 heavy (non-hydrogen) atoms. The van der Waals surface area contributed by atoms with E-state index in [0.29, 0.717) is 16.5 Å². The number of ether oxygens (including phenoxy) is 1. The summed E-state index contributed by atoms with van der Waals surface area (Å²) in [5.41, 5.74) is 0.415. The molecule has 0 fully saturated rings. The topological polar surface area (TPSA) is 26.3 Å². The van der Waals surface area contributed by atoms with Crippen LogP contribution in [-0.2, 0) is 9.53 Å². The summed E-state index contributed by atoms with van der Waals surface area (Å²) in [6, 6.07) is 0. The third-order valence-corrected chi connectivity index (χ3v) is 1.63. The quantitative estimate of drug-likeness (QED) is 0.400. The highest BCUT2D eigenvalue weighted by Crippen LogP contribution is 2.12. The summed E-state index contributed by atoms with van der Waals surface area (Å²) >= 11 is 5.73. The molecule has 0 aromatic rings. The standard InChI is InChI=1S/C10H15ClO2/c1-7(2)5-6-9(8(3)11)10(12)13-4/h5-7H,1-4H3/b6-5-,9-8-. The lowest BCUT2D eigenvalue weighted by Crippen LogP contribution is -2.03. The predicted molar refractivity (Wildman–Crippen MR) is 54.5 cm³/mol. The van der Waals surface area contributed by atoms with Crippen LogP contribution >= 0.6 is 11.6 Å². The maximum atomic E-state index is 11.2. The lowest BCUT2D eigenvalue weighted by Gasteiger charge is -2.01. The smallest absolute Gasteiger partial charge is 0.339 e. The largest absolute Gasteiger partial charge is 0.465 e. The van der Waals surface area contributed by atoms with Crippen LogP contribution < -0.4 is 0 Å². The summed E-state index contributed by atoms with van der Waals surface area (Å²) in [7, 11) is 1.34. The average molecular weight is 203 g/mol. The SMILES string of the molecule is COC(=O)C(/C=C\C(C)C)=C(/C)Cl. The predicted octanol–water partition coefficient (Wildman–Crippen LogP) is 2.88. The molecular formula is C10H15ClO2. The molecule has 0 saturated heterocycles. The molecule has 0 radical (unpaired) electrons. The van der Waals surface area contributed by atoms with Crippen molar-refractivity contribution in [3.8, 4) is 0 Å². The van der Waals surface area contributed by atoms with Gasteiger partial charge in [0.25, 0.3) is 0 Å². The lowest BCUT2D eigenvalue weighted by molar-refractivity contribution is -0.135. The first kappa shape index (κ1) is 12.2. The summed E-state index contributed by atoms with van der Waals surface area (Å²) in [4.78, 5) is 11.2. The van der Waals surface area contributed by atoms with Crippen LogP contribution in [0.2, 0.25) is 0 Å². The van der Waals surface area contributed by atoms with Crippen molar-refractivity contribution in [1.29, 1.82) is 0 Å². The van der Waals surface area contributed by atoms with Crippen molar-refractivity contribution in [3.63, 3.8) is 0 Å². The van der Waals surface area contributed by atoms with Gasteiger partial charge in [-0.1, -0.05) is 37.6 Å². The summed E-state index contributed by atoms with van der Waals surface area (Å²) in [6.07, 6.45) is 3.59. The second-order valence-corrected chi connectivity index (χ2v) is 3.61. The summed E-state index contributed by atoms with van der Waals surface area (Å²) in [5.74, 6) is -0.0138. The zero-order valence-corrected chi connectivity index (χ0v) is 9.18. The number of rotatable bonds is 3. The van der Waals surface area contributed by atoms with E-state index in [1.165, 1.54) is 7.11 Å². The lowest BCUT2D eigenvalue weighted by atomic mass is 10.1. The number of hydrogen-bond donors (Lipinski definition) is 0. The van der Waals surface area contributed by atoms with Crippen molar-refractivity contribution < 1.29 is 9.53 Å². The van der Waals surface area contributed by atoms with Crippen LogP contribution in [0.5, 0.6) is 0 Å². The summed E-state index contributed by atoms with van der Waals surface area (Å²) in [5, 5.41) is 0.448. The highest BCUT2D eigenvalue weighted by atomic mass is 35.5. The fraction of sp³-hybridized carbons (Fsp3) is 0.500. The highest BCUT2D eigenvalue weighted by Gasteiger charge is 2.08. The number of carbonyl (C=O) groups is 1. The molecule has 0 aliphatic rings. The minimum atomic E-state index is -0.399. The van der Waals surface area contributed by atoms with Crippen molar-refractivity contribution in [2.45, 2.75) is 20.8 Å². The van der Waals surface area contributed by atoms with Gasteiger partial charge in [-0.05, 0) is 12.8 Å². The van der Waals surface area contributed by atoms with Crippen LogP contribution in [0.15, 0.2) is 22.8 Å².